The molecule has 3 rings (SSSR count). The first kappa shape index (κ1) is 18.9. The van der Waals surface area contributed by atoms with Crippen LogP contribution in [0.15, 0.2) is 48.5 Å². The summed E-state index contributed by atoms with van der Waals surface area (Å²) in [5.41, 5.74) is 2.36. The van der Waals surface area contributed by atoms with Crippen LogP contribution in [0.4, 0.5) is 5.69 Å². The van der Waals surface area contributed by atoms with Gasteiger partial charge in [0.2, 0.25) is 10.0 Å². The number of nitrogens with one attached hydrogen (secondary N) is 1. The molecule has 1 unspecified atom stereocenters. The highest BCUT2D eigenvalue weighted by molar-refractivity contribution is 7.92. The molecule has 1 heterocycles. The number of carbonyl (C=O) groups excluding carboxylic acids is 1. The monoisotopic (exact) mass is 388 g/mol. The molecule has 27 heavy (non-hydrogen) atoms. The Kier molecular flexibility index (Phi) is 5.18. The van der Waals surface area contributed by atoms with E-state index < -0.39 is 27.8 Å². The predicted octanol–water partition coefficient (Wildman–Crippen LogP) is 1.61. The van der Waals surface area contributed by atoms with Crippen molar-refractivity contribution in [3.63, 3.8) is 0 Å². The zero-order valence-corrected chi connectivity index (χ0v) is 15.6. The maximum Gasteiger partial charge on any atom is 0.312 e. The first-order valence-electron chi connectivity index (χ1n) is 8.44. The van der Waals surface area contributed by atoms with Crippen molar-refractivity contribution in [3.8, 4) is 0 Å². The highest BCUT2D eigenvalue weighted by atomic mass is 32.2. The average molecular weight is 388 g/mol. The summed E-state index contributed by atoms with van der Waals surface area (Å²) in [6, 6.07) is 13.5. The molecule has 0 saturated carbocycles. The minimum Gasteiger partial charge on any atom is -0.481 e. The lowest BCUT2D eigenvalue weighted by atomic mass is 9.99. The first-order chi connectivity index (χ1) is 12.8. The lowest BCUT2D eigenvalue weighted by Gasteiger charge is -2.17. The quantitative estimate of drug-likeness (QED) is 0.782. The van der Waals surface area contributed by atoms with Crippen LogP contribution in [0.3, 0.4) is 0 Å². The number of anilines is 1. The minimum absolute atomic E-state index is 0.0370. The van der Waals surface area contributed by atoms with Gasteiger partial charge in [-0.1, -0.05) is 30.3 Å². The summed E-state index contributed by atoms with van der Waals surface area (Å²) in [6.45, 7) is 0.319. The molecule has 0 radical (unpaired) electrons. The van der Waals surface area contributed by atoms with E-state index in [-0.39, 0.29) is 6.54 Å². The molecule has 1 atom stereocenters. The van der Waals surface area contributed by atoms with Gasteiger partial charge in [0.25, 0.3) is 5.91 Å². The van der Waals surface area contributed by atoms with Gasteiger partial charge in [0.15, 0.2) is 0 Å². The van der Waals surface area contributed by atoms with Gasteiger partial charge in [-0.05, 0) is 35.7 Å². The van der Waals surface area contributed by atoms with Crippen molar-refractivity contribution in [2.24, 2.45) is 0 Å². The summed E-state index contributed by atoms with van der Waals surface area (Å²) >= 11 is 0. The fourth-order valence-corrected chi connectivity index (χ4v) is 4.15. The summed E-state index contributed by atoms with van der Waals surface area (Å²) in [5, 5.41) is 12.1. The van der Waals surface area contributed by atoms with Gasteiger partial charge in [0, 0.05) is 18.7 Å². The van der Waals surface area contributed by atoms with Crippen molar-refractivity contribution in [2.45, 2.75) is 12.3 Å². The SMILES string of the molecule is CS(=O)(=O)N1CCc2cc(C(=O)NCC(C(=O)O)c3ccccc3)ccc21. The number of hydrogen-bond donors (Lipinski definition) is 2. The van der Waals surface area contributed by atoms with Gasteiger partial charge < -0.3 is 10.4 Å². The second-order valence-electron chi connectivity index (χ2n) is 6.44. The van der Waals surface area contributed by atoms with Gasteiger partial charge in [-0.3, -0.25) is 13.9 Å². The van der Waals surface area contributed by atoms with Crippen LogP contribution in [0.1, 0.15) is 27.4 Å². The van der Waals surface area contributed by atoms with Crippen LogP contribution >= 0.6 is 0 Å². The van der Waals surface area contributed by atoms with E-state index >= 15 is 0 Å². The number of rotatable bonds is 6. The smallest absolute Gasteiger partial charge is 0.312 e. The number of carbonyl (C=O) groups is 2. The van der Waals surface area contributed by atoms with Crippen LogP contribution in [0, 0.1) is 0 Å². The van der Waals surface area contributed by atoms with Crippen LogP contribution in [-0.2, 0) is 21.2 Å². The number of nitrogens with zero attached hydrogens (tertiary/aromatic N) is 1. The molecule has 7 nitrogen and oxygen atoms in total. The molecular weight excluding hydrogens is 368 g/mol. The largest absolute Gasteiger partial charge is 0.481 e. The Labute approximate surface area is 157 Å². The van der Waals surface area contributed by atoms with Crippen LogP contribution in [0.5, 0.6) is 0 Å². The summed E-state index contributed by atoms with van der Waals surface area (Å²) in [5.74, 6) is -2.25. The van der Waals surface area contributed by atoms with Crippen molar-refractivity contribution < 1.29 is 23.1 Å². The molecule has 1 amide bonds. The number of fused-ring (bicyclic) bond motifs is 1. The molecule has 142 valence electrons. The first-order valence-corrected chi connectivity index (χ1v) is 10.3. The molecule has 1 aliphatic rings. The normalized spacial score (nSPS) is 14.5. The minimum atomic E-state index is -3.34. The maximum atomic E-state index is 12.4. The van der Waals surface area contributed by atoms with Crippen LogP contribution in [0.25, 0.3) is 0 Å². The predicted molar refractivity (Wildman–Crippen MR) is 101 cm³/mol. The molecule has 0 bridgehead atoms. The number of hydrogen-bond acceptors (Lipinski definition) is 4. The maximum absolute atomic E-state index is 12.4. The van der Waals surface area contributed by atoms with Gasteiger partial charge in [-0.2, -0.15) is 0 Å². The number of amides is 1. The summed E-state index contributed by atoms with van der Waals surface area (Å²) < 4.78 is 24.9. The Hall–Kier alpha value is -2.87. The third-order valence-electron chi connectivity index (χ3n) is 4.56. The van der Waals surface area contributed by atoms with E-state index in [1.807, 2.05) is 0 Å². The van der Waals surface area contributed by atoms with Crippen LogP contribution < -0.4 is 9.62 Å². The van der Waals surface area contributed by atoms with Gasteiger partial charge in [-0.15, -0.1) is 0 Å². The fourth-order valence-electron chi connectivity index (χ4n) is 3.19. The highest BCUT2D eigenvalue weighted by Gasteiger charge is 2.27. The third kappa shape index (κ3) is 4.11. The lowest BCUT2D eigenvalue weighted by molar-refractivity contribution is -0.138. The highest BCUT2D eigenvalue weighted by Crippen LogP contribution is 2.30. The molecule has 1 aliphatic heterocycles. The molecular formula is C19H20N2O5S. The molecule has 0 aliphatic carbocycles. The summed E-state index contributed by atoms with van der Waals surface area (Å²) in [6.07, 6.45) is 1.68. The zero-order valence-electron chi connectivity index (χ0n) is 14.8. The van der Waals surface area contributed by atoms with Gasteiger partial charge in [0.05, 0.1) is 17.9 Å². The van der Waals surface area contributed by atoms with Crippen molar-refractivity contribution >= 4 is 27.6 Å². The molecule has 2 aromatic rings. The van der Waals surface area contributed by atoms with Crippen molar-refractivity contribution in [1.82, 2.24) is 5.32 Å². The van der Waals surface area contributed by atoms with E-state index in [1.165, 1.54) is 4.31 Å². The molecule has 0 saturated heterocycles. The van der Waals surface area contributed by atoms with E-state index in [0.717, 1.165) is 11.8 Å². The van der Waals surface area contributed by atoms with Crippen molar-refractivity contribution in [3.05, 3.63) is 65.2 Å². The van der Waals surface area contributed by atoms with Crippen molar-refractivity contribution in [2.75, 3.05) is 23.7 Å². The van der Waals surface area contributed by atoms with E-state index in [1.54, 1.807) is 48.5 Å². The van der Waals surface area contributed by atoms with Gasteiger partial charge >= 0.3 is 5.97 Å². The zero-order chi connectivity index (χ0) is 19.6. The summed E-state index contributed by atoms with van der Waals surface area (Å²) in [4.78, 5) is 24.0. The second kappa shape index (κ2) is 7.40. The fraction of sp³-hybridized carbons (Fsp3) is 0.263. The van der Waals surface area contributed by atoms with E-state index in [4.69, 9.17) is 0 Å². The lowest BCUT2D eigenvalue weighted by Crippen LogP contribution is -2.31. The Bertz CT molecular complexity index is 973. The molecule has 8 heteroatoms. The number of carboxylic acids is 1. The molecule has 2 aromatic carbocycles. The number of carboxylic acid groups (broad SMARTS) is 1. The van der Waals surface area contributed by atoms with Crippen molar-refractivity contribution in [1.29, 1.82) is 0 Å². The Morgan fingerprint density at radius 3 is 2.52 bits per heavy atom. The third-order valence-corrected chi connectivity index (χ3v) is 5.74. The Morgan fingerprint density at radius 1 is 1.19 bits per heavy atom. The number of sulfonamides is 1. The number of aliphatic carboxylic acids is 1. The molecule has 0 spiro atoms. The Morgan fingerprint density at radius 2 is 1.89 bits per heavy atom. The van der Waals surface area contributed by atoms with Gasteiger partial charge in [0.1, 0.15) is 0 Å². The van der Waals surface area contributed by atoms with Gasteiger partial charge in [-0.25, -0.2) is 8.42 Å². The topological polar surface area (TPSA) is 104 Å². The second-order valence-corrected chi connectivity index (χ2v) is 8.35. The van der Waals surface area contributed by atoms with E-state index in [9.17, 15) is 23.1 Å². The van der Waals surface area contributed by atoms with Crippen LogP contribution in [0.2, 0.25) is 0 Å². The summed E-state index contributed by atoms with van der Waals surface area (Å²) in [7, 11) is -3.34. The average Bonchev–Trinajstić information content (AvgIpc) is 3.06. The number of benzene rings is 2. The molecule has 0 fully saturated rings. The Balaban J connectivity index is 1.73. The van der Waals surface area contributed by atoms with E-state index in [0.29, 0.717) is 29.8 Å². The molecule has 2 N–H and O–H groups in total. The van der Waals surface area contributed by atoms with Crippen LogP contribution in [-0.4, -0.2) is 44.7 Å². The standard InChI is InChI=1S/C19H20N2O5S/c1-27(25,26)21-10-9-14-11-15(7-8-17(14)21)18(22)20-12-16(19(23)24)13-5-3-2-4-6-13/h2-8,11,16H,9-10,12H2,1H3,(H,20,22)(H,23,24). The molecule has 0 aromatic heterocycles. The van der Waals surface area contributed by atoms with E-state index in [2.05, 4.69) is 5.32 Å².